The molecule has 0 saturated heterocycles. The van der Waals surface area contributed by atoms with E-state index < -0.39 is 0 Å². The minimum absolute atomic E-state index is 0.0805. The second kappa shape index (κ2) is 3.77. The number of fused-ring (bicyclic) bond motifs is 1. The van der Waals surface area contributed by atoms with Crippen molar-refractivity contribution in [3.63, 3.8) is 0 Å². The highest BCUT2D eigenvalue weighted by Gasteiger charge is 2.36. The summed E-state index contributed by atoms with van der Waals surface area (Å²) in [5.74, 6) is 0. The van der Waals surface area contributed by atoms with Crippen LogP contribution in [0.1, 0.15) is 26.3 Å². The highest BCUT2D eigenvalue weighted by Crippen LogP contribution is 2.42. The molecule has 3 heteroatoms. The summed E-state index contributed by atoms with van der Waals surface area (Å²) in [4.78, 5) is 13.0. The predicted octanol–water partition coefficient (Wildman–Crippen LogP) is 3.03. The van der Waals surface area contributed by atoms with Crippen LogP contribution in [0.2, 0.25) is 5.02 Å². The zero-order valence-corrected chi connectivity index (χ0v) is 10.6. The van der Waals surface area contributed by atoms with Gasteiger partial charge in [-0.25, -0.2) is 0 Å². The molecule has 1 heterocycles. The number of aldehydes is 1. The summed E-state index contributed by atoms with van der Waals surface area (Å²) in [5.41, 5.74) is 2.44. The molecule has 0 fully saturated rings. The highest BCUT2D eigenvalue weighted by molar-refractivity contribution is 6.30. The Bertz CT molecular complexity index is 428. The molecule has 1 aliphatic heterocycles. The lowest BCUT2D eigenvalue weighted by atomic mass is 9.87. The summed E-state index contributed by atoms with van der Waals surface area (Å²) in [5, 5.41) is 0.722. The van der Waals surface area contributed by atoms with Crippen LogP contribution in [0.3, 0.4) is 0 Å². The molecule has 16 heavy (non-hydrogen) atoms. The Labute approximate surface area is 101 Å². The van der Waals surface area contributed by atoms with Gasteiger partial charge in [0.15, 0.2) is 0 Å². The average Bonchev–Trinajstić information content (AvgIpc) is 2.49. The molecule has 0 saturated carbocycles. The lowest BCUT2D eigenvalue weighted by molar-refractivity contribution is -0.108. The summed E-state index contributed by atoms with van der Waals surface area (Å²) >= 11 is 6.01. The Balaban J connectivity index is 2.51. The number of hydrogen-bond acceptors (Lipinski definition) is 2. The Morgan fingerprint density at radius 2 is 2.19 bits per heavy atom. The van der Waals surface area contributed by atoms with Gasteiger partial charge in [0, 0.05) is 22.7 Å². The maximum absolute atomic E-state index is 10.9. The van der Waals surface area contributed by atoms with Crippen molar-refractivity contribution in [1.29, 1.82) is 0 Å². The first-order valence-corrected chi connectivity index (χ1v) is 5.85. The molecule has 0 bridgehead atoms. The molecule has 2 rings (SSSR count). The van der Waals surface area contributed by atoms with Gasteiger partial charge in [0.1, 0.15) is 6.29 Å². The number of carbonyl (C=O) groups is 1. The van der Waals surface area contributed by atoms with Crippen molar-refractivity contribution < 1.29 is 4.79 Å². The molecule has 1 aromatic rings. The third-order valence-electron chi connectivity index (χ3n) is 3.25. The van der Waals surface area contributed by atoms with E-state index in [2.05, 4.69) is 24.8 Å². The molecular weight excluding hydrogens is 222 g/mol. The van der Waals surface area contributed by atoms with Crippen LogP contribution in [0.5, 0.6) is 0 Å². The Kier molecular flexibility index (Phi) is 2.70. The van der Waals surface area contributed by atoms with E-state index in [0.717, 1.165) is 23.5 Å². The number of anilines is 1. The van der Waals surface area contributed by atoms with Gasteiger partial charge >= 0.3 is 0 Å². The van der Waals surface area contributed by atoms with E-state index in [0.29, 0.717) is 0 Å². The zero-order chi connectivity index (χ0) is 11.9. The lowest BCUT2D eigenvalue weighted by Gasteiger charge is -2.25. The zero-order valence-electron chi connectivity index (χ0n) is 9.83. The third kappa shape index (κ3) is 1.71. The standard InChI is InChI=1S/C13H16ClNO/c1-9(7-16)15-8-13(2,3)11-5-4-10(14)6-12(11)15/h4-7,9H,8H2,1-3H3. The molecule has 0 N–H and O–H groups in total. The number of carbonyl (C=O) groups excluding carboxylic acids is 1. The summed E-state index contributed by atoms with van der Waals surface area (Å²) in [6.45, 7) is 7.16. The molecule has 0 spiro atoms. The van der Waals surface area contributed by atoms with Crippen LogP contribution in [-0.2, 0) is 10.2 Å². The molecule has 0 radical (unpaired) electrons. The number of hydrogen-bond donors (Lipinski definition) is 0. The lowest BCUT2D eigenvalue weighted by Crippen LogP contribution is -2.36. The van der Waals surface area contributed by atoms with Gasteiger partial charge in [-0.15, -0.1) is 0 Å². The average molecular weight is 238 g/mol. The molecule has 2 nitrogen and oxygen atoms in total. The Morgan fingerprint density at radius 3 is 2.81 bits per heavy atom. The summed E-state index contributed by atoms with van der Waals surface area (Å²) in [6, 6.07) is 5.83. The monoisotopic (exact) mass is 237 g/mol. The van der Waals surface area contributed by atoms with E-state index in [4.69, 9.17) is 11.6 Å². The van der Waals surface area contributed by atoms with Gasteiger partial charge in [-0.05, 0) is 24.6 Å². The number of benzene rings is 1. The highest BCUT2D eigenvalue weighted by atomic mass is 35.5. The van der Waals surface area contributed by atoms with Crippen molar-refractivity contribution in [1.82, 2.24) is 0 Å². The topological polar surface area (TPSA) is 20.3 Å². The molecule has 86 valence electrons. The van der Waals surface area contributed by atoms with Crippen molar-refractivity contribution in [3.8, 4) is 0 Å². The summed E-state index contributed by atoms with van der Waals surface area (Å²) in [6.07, 6.45) is 0.978. The molecule has 1 unspecified atom stereocenters. The molecule has 0 aromatic heterocycles. The normalized spacial score (nSPS) is 19.4. The SMILES string of the molecule is CC(C=O)N1CC(C)(C)c2ccc(Cl)cc21. The second-order valence-electron chi connectivity index (χ2n) is 5.05. The molecule has 1 atom stereocenters. The Hall–Kier alpha value is -1.02. The molecule has 0 amide bonds. The van der Waals surface area contributed by atoms with Gasteiger partial charge in [0.2, 0.25) is 0 Å². The van der Waals surface area contributed by atoms with E-state index >= 15 is 0 Å². The fraction of sp³-hybridized carbons (Fsp3) is 0.462. The predicted molar refractivity (Wildman–Crippen MR) is 67.4 cm³/mol. The first-order valence-electron chi connectivity index (χ1n) is 5.47. The number of nitrogens with zero attached hydrogens (tertiary/aromatic N) is 1. The van der Waals surface area contributed by atoms with E-state index in [-0.39, 0.29) is 11.5 Å². The molecule has 0 aliphatic carbocycles. The van der Waals surface area contributed by atoms with Gasteiger partial charge in [-0.3, -0.25) is 0 Å². The van der Waals surface area contributed by atoms with Gasteiger partial charge in [0.05, 0.1) is 6.04 Å². The fourth-order valence-electron chi connectivity index (χ4n) is 2.35. The molecule has 1 aliphatic rings. The summed E-state index contributed by atoms with van der Waals surface area (Å²) in [7, 11) is 0. The largest absolute Gasteiger partial charge is 0.361 e. The van der Waals surface area contributed by atoms with Crippen LogP contribution in [0, 0.1) is 0 Å². The number of halogens is 1. The Morgan fingerprint density at radius 1 is 1.50 bits per heavy atom. The van der Waals surface area contributed by atoms with Crippen molar-refractivity contribution in [2.75, 3.05) is 11.4 Å². The van der Waals surface area contributed by atoms with Gasteiger partial charge < -0.3 is 9.69 Å². The molecular formula is C13H16ClNO. The maximum Gasteiger partial charge on any atom is 0.142 e. The van der Waals surface area contributed by atoms with Crippen molar-refractivity contribution in [2.45, 2.75) is 32.2 Å². The van der Waals surface area contributed by atoms with Crippen LogP contribution in [0.15, 0.2) is 18.2 Å². The minimum atomic E-state index is -0.0982. The van der Waals surface area contributed by atoms with Crippen molar-refractivity contribution in [3.05, 3.63) is 28.8 Å². The van der Waals surface area contributed by atoms with E-state index in [1.165, 1.54) is 5.56 Å². The molecule has 1 aromatic carbocycles. The van der Waals surface area contributed by atoms with Crippen LogP contribution >= 0.6 is 11.6 Å². The van der Waals surface area contributed by atoms with E-state index in [1.54, 1.807) is 0 Å². The van der Waals surface area contributed by atoms with Gasteiger partial charge in [0.25, 0.3) is 0 Å². The smallest absolute Gasteiger partial charge is 0.142 e. The van der Waals surface area contributed by atoms with E-state index in [9.17, 15) is 4.79 Å². The minimum Gasteiger partial charge on any atom is -0.361 e. The van der Waals surface area contributed by atoms with Crippen LogP contribution in [-0.4, -0.2) is 18.9 Å². The van der Waals surface area contributed by atoms with Crippen molar-refractivity contribution in [2.24, 2.45) is 0 Å². The van der Waals surface area contributed by atoms with Gasteiger partial charge in [-0.1, -0.05) is 31.5 Å². The van der Waals surface area contributed by atoms with E-state index in [1.807, 2.05) is 19.1 Å². The van der Waals surface area contributed by atoms with Crippen LogP contribution < -0.4 is 4.90 Å². The first kappa shape index (κ1) is 11.5. The maximum atomic E-state index is 10.9. The first-order chi connectivity index (χ1) is 7.45. The second-order valence-corrected chi connectivity index (χ2v) is 5.49. The van der Waals surface area contributed by atoms with Crippen molar-refractivity contribution >= 4 is 23.6 Å². The third-order valence-corrected chi connectivity index (χ3v) is 3.49. The number of rotatable bonds is 2. The summed E-state index contributed by atoms with van der Waals surface area (Å²) < 4.78 is 0. The quantitative estimate of drug-likeness (QED) is 0.737. The van der Waals surface area contributed by atoms with Crippen LogP contribution in [0.4, 0.5) is 5.69 Å². The van der Waals surface area contributed by atoms with Gasteiger partial charge in [-0.2, -0.15) is 0 Å². The van der Waals surface area contributed by atoms with Crippen LogP contribution in [0.25, 0.3) is 0 Å². The fourth-order valence-corrected chi connectivity index (χ4v) is 2.51.